The molecule has 6 rings (SSSR count). The van der Waals surface area contributed by atoms with E-state index in [1.54, 1.807) is 23.2 Å². The number of urea groups is 1. The number of nitrogens with one attached hydrogen (secondary N) is 1. The molecular weight excluding hydrogens is 498 g/mol. The van der Waals surface area contributed by atoms with Gasteiger partial charge in [-0.15, -0.1) is 0 Å². The topological polar surface area (TPSA) is 108 Å². The van der Waals surface area contributed by atoms with Gasteiger partial charge in [-0.05, 0) is 61.7 Å². The second kappa shape index (κ2) is 9.68. The number of pyridine rings is 2. The number of fused-ring (bicyclic) bond motifs is 2. The maximum Gasteiger partial charge on any atom is 0.355 e. The van der Waals surface area contributed by atoms with Crippen molar-refractivity contribution in [3.63, 3.8) is 0 Å². The lowest BCUT2D eigenvalue weighted by Crippen LogP contribution is -2.38. The number of aromatic nitrogens is 3. The highest BCUT2D eigenvalue weighted by Gasteiger charge is 2.25. The van der Waals surface area contributed by atoms with E-state index in [0.29, 0.717) is 28.5 Å². The summed E-state index contributed by atoms with van der Waals surface area (Å²) >= 11 is 1.44. The van der Waals surface area contributed by atoms with Crippen molar-refractivity contribution in [3.05, 3.63) is 89.9 Å². The summed E-state index contributed by atoms with van der Waals surface area (Å²) in [6, 6.07) is 20.6. The zero-order valence-electron chi connectivity index (χ0n) is 20.5. The Hall–Kier alpha value is -4.63. The predicted octanol–water partition coefficient (Wildman–Crippen LogP) is 6.41. The summed E-state index contributed by atoms with van der Waals surface area (Å²) in [5.74, 6) is -1.11. The number of benzene rings is 2. The van der Waals surface area contributed by atoms with Gasteiger partial charge in [0.1, 0.15) is 0 Å². The molecule has 1 aliphatic rings. The number of thiazole rings is 1. The van der Waals surface area contributed by atoms with Gasteiger partial charge in [0.15, 0.2) is 10.8 Å². The maximum atomic E-state index is 13.3. The zero-order valence-corrected chi connectivity index (χ0v) is 21.3. The van der Waals surface area contributed by atoms with Gasteiger partial charge in [0.2, 0.25) is 0 Å². The fourth-order valence-electron chi connectivity index (χ4n) is 4.67. The van der Waals surface area contributed by atoms with Crippen molar-refractivity contribution in [2.75, 3.05) is 16.8 Å². The number of carboxylic acid groups (broad SMARTS) is 1. The van der Waals surface area contributed by atoms with Crippen molar-refractivity contribution in [3.8, 4) is 22.4 Å². The molecule has 2 N–H and O–H groups in total. The Morgan fingerprint density at radius 3 is 2.63 bits per heavy atom. The van der Waals surface area contributed by atoms with E-state index in [0.717, 1.165) is 45.6 Å². The van der Waals surface area contributed by atoms with E-state index in [1.165, 1.54) is 11.3 Å². The number of hydrogen-bond acceptors (Lipinski definition) is 6. The van der Waals surface area contributed by atoms with E-state index in [9.17, 15) is 14.7 Å². The Kier molecular flexibility index (Phi) is 6.05. The molecular formula is C29H23N5O3S. The van der Waals surface area contributed by atoms with Gasteiger partial charge < -0.3 is 5.11 Å². The number of amides is 2. The summed E-state index contributed by atoms with van der Waals surface area (Å²) in [7, 11) is 0. The number of carbonyl (C=O) groups excluding carboxylic acids is 1. The molecule has 2 amide bonds. The molecule has 3 aromatic heterocycles. The van der Waals surface area contributed by atoms with Crippen LogP contribution in [0.1, 0.15) is 28.2 Å². The highest BCUT2D eigenvalue weighted by Crippen LogP contribution is 2.34. The first-order valence-electron chi connectivity index (χ1n) is 12.2. The minimum Gasteiger partial charge on any atom is -0.476 e. The van der Waals surface area contributed by atoms with Crippen LogP contribution in [0.2, 0.25) is 0 Å². The minimum absolute atomic E-state index is 0.0451. The SMILES string of the molecule is Cc1ccc(-c2ccc(-c3ccc4c(c3)N(C(=O)Nc3nc5ccccc5s3)CCC4)nc2C(=O)O)cn1. The fourth-order valence-corrected chi connectivity index (χ4v) is 5.53. The predicted molar refractivity (Wildman–Crippen MR) is 149 cm³/mol. The first-order valence-corrected chi connectivity index (χ1v) is 13.0. The van der Waals surface area contributed by atoms with Crippen LogP contribution in [-0.2, 0) is 6.42 Å². The van der Waals surface area contributed by atoms with E-state index in [4.69, 9.17) is 0 Å². The molecule has 4 heterocycles. The molecule has 0 unspecified atom stereocenters. The molecule has 1 aliphatic heterocycles. The first-order chi connectivity index (χ1) is 18.5. The molecule has 0 fully saturated rings. The summed E-state index contributed by atoms with van der Waals surface area (Å²) < 4.78 is 1.01. The van der Waals surface area contributed by atoms with E-state index in [-0.39, 0.29) is 11.7 Å². The van der Waals surface area contributed by atoms with Gasteiger partial charge in [0.05, 0.1) is 15.9 Å². The number of nitrogens with zero attached hydrogens (tertiary/aromatic N) is 4. The Bertz CT molecular complexity index is 1660. The molecule has 0 saturated carbocycles. The van der Waals surface area contributed by atoms with Crippen molar-refractivity contribution < 1.29 is 14.7 Å². The summed E-state index contributed by atoms with van der Waals surface area (Å²) in [6.45, 7) is 2.45. The van der Waals surface area contributed by atoms with Crippen molar-refractivity contribution in [1.82, 2.24) is 15.0 Å². The third-order valence-electron chi connectivity index (χ3n) is 6.57. The van der Waals surface area contributed by atoms with Crippen LogP contribution in [0.25, 0.3) is 32.6 Å². The molecule has 0 bridgehead atoms. The van der Waals surface area contributed by atoms with Crippen molar-refractivity contribution in [1.29, 1.82) is 0 Å². The quantitative estimate of drug-likeness (QED) is 0.283. The third-order valence-corrected chi connectivity index (χ3v) is 7.52. The summed E-state index contributed by atoms with van der Waals surface area (Å²) in [4.78, 5) is 40.4. The van der Waals surface area contributed by atoms with Gasteiger partial charge in [-0.2, -0.15) is 0 Å². The summed E-state index contributed by atoms with van der Waals surface area (Å²) in [5, 5.41) is 13.4. The maximum absolute atomic E-state index is 13.3. The van der Waals surface area contributed by atoms with Crippen molar-refractivity contribution in [2.45, 2.75) is 19.8 Å². The average Bonchev–Trinajstić information content (AvgIpc) is 3.35. The van der Waals surface area contributed by atoms with E-state index >= 15 is 0 Å². The fraction of sp³-hybridized carbons (Fsp3) is 0.138. The minimum atomic E-state index is -1.11. The number of aryl methyl sites for hydroxylation is 2. The van der Waals surface area contributed by atoms with Crippen molar-refractivity contribution in [2.24, 2.45) is 0 Å². The van der Waals surface area contributed by atoms with Crippen LogP contribution in [0.3, 0.4) is 0 Å². The number of aromatic carboxylic acids is 1. The number of para-hydroxylation sites is 1. The Morgan fingerprint density at radius 2 is 1.84 bits per heavy atom. The summed E-state index contributed by atoms with van der Waals surface area (Å²) in [5.41, 5.74) is 5.94. The van der Waals surface area contributed by atoms with Crippen molar-refractivity contribution >= 4 is 44.4 Å². The molecule has 2 aromatic carbocycles. The van der Waals surface area contributed by atoms with Crippen LogP contribution in [0.15, 0.2) is 72.9 Å². The highest BCUT2D eigenvalue weighted by molar-refractivity contribution is 7.22. The van der Waals surface area contributed by atoms with Gasteiger partial charge in [0.25, 0.3) is 0 Å². The number of anilines is 2. The molecule has 0 saturated heterocycles. The normalized spacial score (nSPS) is 12.8. The molecule has 5 aromatic rings. The molecule has 38 heavy (non-hydrogen) atoms. The van der Waals surface area contributed by atoms with Gasteiger partial charge in [-0.25, -0.2) is 19.6 Å². The number of carboxylic acids is 1. The van der Waals surface area contributed by atoms with Crippen LogP contribution in [0, 0.1) is 6.92 Å². The molecule has 0 atom stereocenters. The van der Waals surface area contributed by atoms with Crippen LogP contribution < -0.4 is 10.2 Å². The second-order valence-corrected chi connectivity index (χ2v) is 10.1. The monoisotopic (exact) mass is 521 g/mol. The Morgan fingerprint density at radius 1 is 1.00 bits per heavy atom. The van der Waals surface area contributed by atoms with E-state index in [1.807, 2.05) is 61.5 Å². The highest BCUT2D eigenvalue weighted by atomic mass is 32.1. The van der Waals surface area contributed by atoms with Gasteiger partial charge in [-0.3, -0.25) is 15.2 Å². The lowest BCUT2D eigenvalue weighted by molar-refractivity contribution is 0.0691. The zero-order chi connectivity index (χ0) is 26.2. The Labute approximate surface area is 222 Å². The Balaban J connectivity index is 1.32. The molecule has 0 spiro atoms. The van der Waals surface area contributed by atoms with Crippen LogP contribution >= 0.6 is 11.3 Å². The summed E-state index contributed by atoms with van der Waals surface area (Å²) in [6.07, 6.45) is 3.35. The second-order valence-electron chi connectivity index (χ2n) is 9.10. The van der Waals surface area contributed by atoms with Crippen LogP contribution in [0.5, 0.6) is 0 Å². The molecule has 9 heteroatoms. The third kappa shape index (κ3) is 4.48. The van der Waals surface area contributed by atoms with Gasteiger partial charge >= 0.3 is 12.0 Å². The number of hydrogen-bond donors (Lipinski definition) is 2. The number of carbonyl (C=O) groups is 2. The average molecular weight is 522 g/mol. The van der Waals surface area contributed by atoms with Crippen LogP contribution in [0.4, 0.5) is 15.6 Å². The molecule has 0 aliphatic carbocycles. The molecule has 188 valence electrons. The number of rotatable bonds is 4. The van der Waals surface area contributed by atoms with Gasteiger partial charge in [0, 0.05) is 40.8 Å². The largest absolute Gasteiger partial charge is 0.476 e. The molecule has 8 nitrogen and oxygen atoms in total. The standard InChI is InChI=1S/C29H23N5O3S/c1-17-8-9-20(16-30-17)21-12-13-22(31-26(21)27(35)36)19-11-10-18-5-4-14-34(24(18)15-19)29(37)33-28-32-23-6-2-3-7-25(23)38-28/h2-3,6-13,15-16H,4-5,14H2,1H3,(H,35,36)(H,32,33,37). The van der Waals surface area contributed by atoms with E-state index in [2.05, 4.69) is 20.3 Å². The lowest BCUT2D eigenvalue weighted by Gasteiger charge is -2.29. The van der Waals surface area contributed by atoms with Crippen LogP contribution in [-0.4, -0.2) is 38.6 Å². The molecule has 0 radical (unpaired) electrons. The first kappa shape index (κ1) is 23.7. The smallest absolute Gasteiger partial charge is 0.355 e. The van der Waals surface area contributed by atoms with Gasteiger partial charge in [-0.1, -0.05) is 41.7 Å². The van der Waals surface area contributed by atoms with E-state index < -0.39 is 5.97 Å². The lowest BCUT2D eigenvalue weighted by atomic mass is 9.97.